The van der Waals surface area contributed by atoms with Gasteiger partial charge in [-0.05, 0) is 55.9 Å². The van der Waals surface area contributed by atoms with Gasteiger partial charge in [0.15, 0.2) is 17.3 Å². The summed E-state index contributed by atoms with van der Waals surface area (Å²) in [4.78, 5) is 23.1. The van der Waals surface area contributed by atoms with Gasteiger partial charge in [-0.25, -0.2) is 4.79 Å². The minimum absolute atomic E-state index is 0.117. The van der Waals surface area contributed by atoms with Crippen LogP contribution in [0.3, 0.4) is 0 Å². The summed E-state index contributed by atoms with van der Waals surface area (Å²) in [6.45, 7) is 3.79. The van der Waals surface area contributed by atoms with E-state index in [1.807, 2.05) is 13.0 Å². The molecule has 3 aliphatic heterocycles. The predicted molar refractivity (Wildman–Crippen MR) is 151 cm³/mol. The van der Waals surface area contributed by atoms with Crippen molar-refractivity contribution in [3.8, 4) is 11.5 Å². The first-order chi connectivity index (χ1) is 19.8. The molecule has 1 aromatic carbocycles. The lowest BCUT2D eigenvalue weighted by atomic mass is 9.92. The second-order valence-electron chi connectivity index (χ2n) is 11.4. The van der Waals surface area contributed by atoms with Gasteiger partial charge in [0.25, 0.3) is 0 Å². The largest absolute Gasteiger partial charge is 0.462 e. The van der Waals surface area contributed by atoms with Gasteiger partial charge in [0.1, 0.15) is 18.8 Å². The lowest BCUT2D eigenvalue weighted by molar-refractivity contribution is -0.313. The van der Waals surface area contributed by atoms with Crippen LogP contribution in [0.25, 0.3) is 0 Å². The molecule has 3 heterocycles. The Morgan fingerprint density at radius 3 is 2.56 bits per heavy atom. The zero-order chi connectivity index (χ0) is 29.1. The highest BCUT2D eigenvalue weighted by atomic mass is 16.7. The van der Waals surface area contributed by atoms with Gasteiger partial charge < -0.3 is 33.5 Å². The number of unbranched alkanes of at least 4 members (excludes halogenated alkanes) is 6. The van der Waals surface area contributed by atoms with Gasteiger partial charge >= 0.3 is 11.9 Å². The first-order valence-corrected chi connectivity index (χ1v) is 15.3. The summed E-state index contributed by atoms with van der Waals surface area (Å²) in [5.74, 6) is -0.0313. The summed E-state index contributed by atoms with van der Waals surface area (Å²) >= 11 is 0. The Kier molecular flexibility index (Phi) is 11.9. The zero-order valence-corrected chi connectivity index (χ0v) is 24.5. The van der Waals surface area contributed by atoms with Crippen LogP contribution in [-0.4, -0.2) is 60.6 Å². The third kappa shape index (κ3) is 10.0. The minimum atomic E-state index is -0.982. The van der Waals surface area contributed by atoms with Crippen LogP contribution in [0, 0.1) is 0 Å². The summed E-state index contributed by atoms with van der Waals surface area (Å²) in [6, 6.07) is 6.20. The molecule has 1 aromatic rings. The third-order valence-electron chi connectivity index (χ3n) is 7.99. The lowest BCUT2D eigenvalue weighted by Crippen LogP contribution is -2.51. The first-order valence-electron chi connectivity index (χ1n) is 15.3. The van der Waals surface area contributed by atoms with E-state index >= 15 is 0 Å². The van der Waals surface area contributed by atoms with Crippen molar-refractivity contribution in [3.05, 3.63) is 35.9 Å². The molecular formula is C32H46O9. The number of carbonyl (C=O) groups is 2. The summed E-state index contributed by atoms with van der Waals surface area (Å²) in [7, 11) is 0. The van der Waals surface area contributed by atoms with Crippen molar-refractivity contribution < 1.29 is 43.1 Å². The van der Waals surface area contributed by atoms with Crippen molar-refractivity contribution in [1.82, 2.24) is 0 Å². The summed E-state index contributed by atoms with van der Waals surface area (Å²) in [5, 5.41) is 10.8. The van der Waals surface area contributed by atoms with Crippen LogP contribution in [-0.2, 0) is 35.0 Å². The quantitative estimate of drug-likeness (QED) is 0.201. The average Bonchev–Trinajstić information content (AvgIpc) is 3.41. The Labute approximate surface area is 243 Å². The summed E-state index contributed by atoms with van der Waals surface area (Å²) in [6.07, 6.45) is 13.1. The molecule has 0 radical (unpaired) electrons. The molecule has 9 heteroatoms. The number of ether oxygens (including phenoxy) is 6. The molecular weight excluding hydrogens is 528 g/mol. The molecule has 0 bridgehead atoms. The molecule has 0 spiro atoms. The maximum absolute atomic E-state index is 11.7. The number of cyclic esters (lactones) is 1. The van der Waals surface area contributed by atoms with E-state index in [4.69, 9.17) is 28.4 Å². The fourth-order valence-corrected chi connectivity index (χ4v) is 5.89. The lowest BCUT2D eigenvalue weighted by Gasteiger charge is -2.45. The highest BCUT2D eigenvalue weighted by Crippen LogP contribution is 2.38. The molecule has 0 aromatic heterocycles. The number of rotatable bonds is 16. The van der Waals surface area contributed by atoms with E-state index in [0.29, 0.717) is 38.9 Å². The number of aliphatic hydroxyl groups is 1. The third-order valence-corrected chi connectivity index (χ3v) is 7.99. The normalized spacial score (nSPS) is 26.0. The molecule has 5 unspecified atom stereocenters. The van der Waals surface area contributed by atoms with Crippen LogP contribution in [0.1, 0.15) is 96.5 Å². The predicted octanol–water partition coefficient (Wildman–Crippen LogP) is 5.54. The van der Waals surface area contributed by atoms with E-state index in [0.717, 1.165) is 37.2 Å². The topological polar surface area (TPSA) is 110 Å². The number of esters is 2. The van der Waals surface area contributed by atoms with Crippen LogP contribution in [0.4, 0.5) is 0 Å². The molecule has 1 N–H and O–H groups in total. The van der Waals surface area contributed by atoms with E-state index in [1.165, 1.54) is 44.2 Å². The van der Waals surface area contributed by atoms with Gasteiger partial charge in [0.05, 0.1) is 12.2 Å². The Bertz CT molecular complexity index is 1020. The Morgan fingerprint density at radius 2 is 1.83 bits per heavy atom. The molecule has 4 rings (SSSR count). The Morgan fingerprint density at radius 1 is 1.07 bits per heavy atom. The van der Waals surface area contributed by atoms with E-state index in [2.05, 4.69) is 12.1 Å². The second-order valence-corrected chi connectivity index (χ2v) is 11.4. The van der Waals surface area contributed by atoms with Crippen LogP contribution in [0.5, 0.6) is 11.5 Å². The van der Waals surface area contributed by atoms with Crippen LogP contribution < -0.4 is 9.47 Å². The van der Waals surface area contributed by atoms with Crippen molar-refractivity contribution in [2.45, 2.75) is 128 Å². The molecule has 0 saturated carbocycles. The van der Waals surface area contributed by atoms with E-state index in [1.54, 1.807) is 6.08 Å². The molecule has 3 aliphatic rings. The molecule has 1 saturated heterocycles. The Balaban J connectivity index is 1.12. The first kappa shape index (κ1) is 31.3. The van der Waals surface area contributed by atoms with Crippen molar-refractivity contribution >= 4 is 11.9 Å². The van der Waals surface area contributed by atoms with Gasteiger partial charge in [-0.1, -0.05) is 51.5 Å². The number of hydrogen-bond donors (Lipinski definition) is 1. The van der Waals surface area contributed by atoms with Crippen molar-refractivity contribution in [3.63, 3.8) is 0 Å². The standard InChI is InChI=1S/C32H46O9/c1-3-32(40-26-14-16-31(35)36-21-26)20-28(39-23(2)33)19-27(41-32)18-25(34)12-10-8-6-4-5-7-9-11-24-13-15-29-30(17-24)38-22-37-29/h13-17,25-28,34H,3-12,18-22H2,1-2H3. The number of fused-ring (bicyclic) bond motifs is 1. The summed E-state index contributed by atoms with van der Waals surface area (Å²) in [5.41, 5.74) is 1.29. The van der Waals surface area contributed by atoms with Gasteiger partial charge in [-0.3, -0.25) is 4.79 Å². The number of benzene rings is 1. The van der Waals surface area contributed by atoms with Gasteiger partial charge in [-0.15, -0.1) is 0 Å². The fourth-order valence-electron chi connectivity index (χ4n) is 5.89. The Hall–Kier alpha value is -2.62. The minimum Gasteiger partial charge on any atom is -0.462 e. The number of aryl methyl sites for hydroxylation is 1. The molecule has 5 atom stereocenters. The molecule has 41 heavy (non-hydrogen) atoms. The van der Waals surface area contributed by atoms with E-state index in [-0.39, 0.29) is 24.8 Å². The van der Waals surface area contributed by atoms with Gasteiger partial charge in [0.2, 0.25) is 6.79 Å². The van der Waals surface area contributed by atoms with Gasteiger partial charge in [0, 0.05) is 25.8 Å². The van der Waals surface area contributed by atoms with Crippen LogP contribution in [0.15, 0.2) is 30.4 Å². The molecule has 9 nitrogen and oxygen atoms in total. The summed E-state index contributed by atoms with van der Waals surface area (Å²) < 4.78 is 34.2. The molecule has 1 fully saturated rings. The van der Waals surface area contributed by atoms with Crippen molar-refractivity contribution in [2.24, 2.45) is 0 Å². The highest BCUT2D eigenvalue weighted by molar-refractivity contribution is 5.82. The highest BCUT2D eigenvalue weighted by Gasteiger charge is 2.44. The van der Waals surface area contributed by atoms with Crippen molar-refractivity contribution in [2.75, 3.05) is 13.4 Å². The maximum Gasteiger partial charge on any atom is 0.330 e. The SMILES string of the molecule is CCC1(OC2C=CC(=O)OC2)CC(OC(C)=O)CC(CC(O)CCCCCCCCCc2ccc3c(c2)OCO3)O1. The number of hydrogen-bond acceptors (Lipinski definition) is 9. The van der Waals surface area contributed by atoms with Crippen LogP contribution in [0.2, 0.25) is 0 Å². The monoisotopic (exact) mass is 574 g/mol. The van der Waals surface area contributed by atoms with E-state index in [9.17, 15) is 14.7 Å². The molecule has 0 aliphatic carbocycles. The molecule has 228 valence electrons. The number of carbonyl (C=O) groups excluding carboxylic acids is 2. The number of aliphatic hydroxyl groups excluding tert-OH is 1. The zero-order valence-electron chi connectivity index (χ0n) is 24.5. The fraction of sp³-hybridized carbons (Fsp3) is 0.688. The van der Waals surface area contributed by atoms with E-state index < -0.39 is 24.0 Å². The van der Waals surface area contributed by atoms with Crippen LogP contribution >= 0.6 is 0 Å². The second kappa shape index (κ2) is 15.6. The average molecular weight is 575 g/mol. The molecule has 0 amide bonds. The van der Waals surface area contributed by atoms with Crippen molar-refractivity contribution in [1.29, 1.82) is 0 Å². The maximum atomic E-state index is 11.7. The van der Waals surface area contributed by atoms with Gasteiger partial charge in [-0.2, -0.15) is 0 Å². The smallest absolute Gasteiger partial charge is 0.330 e.